The van der Waals surface area contributed by atoms with Crippen LogP contribution in [0.4, 0.5) is 17.5 Å². The maximum absolute atomic E-state index is 13.3. The number of amides is 1. The summed E-state index contributed by atoms with van der Waals surface area (Å²) in [5, 5.41) is 3.10. The van der Waals surface area contributed by atoms with Gasteiger partial charge >= 0.3 is 0 Å². The molecule has 38 heavy (non-hydrogen) atoms. The van der Waals surface area contributed by atoms with Crippen LogP contribution in [-0.2, 0) is 10.0 Å². The number of nitrogens with two attached hydrogens (primary N) is 1. The Balaban J connectivity index is 1.68. The molecule has 4 heterocycles. The number of rotatable bonds is 9. The third-order valence-electron chi connectivity index (χ3n) is 6.96. The average Bonchev–Trinajstić information content (AvgIpc) is 3.24. The van der Waals surface area contributed by atoms with Crippen LogP contribution in [0.5, 0.6) is 0 Å². The van der Waals surface area contributed by atoms with Crippen molar-refractivity contribution in [2.75, 3.05) is 16.0 Å². The number of sulfonamides is 1. The smallest absolute Gasteiger partial charge is 0.281 e. The van der Waals surface area contributed by atoms with Gasteiger partial charge in [-0.25, -0.2) is 19.7 Å². The lowest BCUT2D eigenvalue weighted by Crippen LogP contribution is -2.37. The number of nitrogens with one attached hydrogen (secondary N) is 2. The predicted octanol–water partition coefficient (Wildman–Crippen LogP) is 4.22. The number of hydrogen-bond acceptors (Lipinski definition) is 9. The van der Waals surface area contributed by atoms with E-state index in [9.17, 15) is 13.2 Å². The van der Waals surface area contributed by atoms with Gasteiger partial charge in [0.05, 0.1) is 11.3 Å². The number of aromatic nitrogens is 3. The molecule has 0 saturated carbocycles. The van der Waals surface area contributed by atoms with Crippen LogP contribution in [-0.4, -0.2) is 47.4 Å². The number of anilines is 3. The monoisotopic (exact) mass is 537 g/mol. The largest absolute Gasteiger partial charge is 0.384 e. The highest BCUT2D eigenvalue weighted by Crippen LogP contribution is 2.33. The van der Waals surface area contributed by atoms with Crippen LogP contribution in [0, 0.1) is 0 Å². The van der Waals surface area contributed by atoms with Gasteiger partial charge in [0.25, 0.3) is 15.9 Å². The molecule has 10 nitrogen and oxygen atoms in total. The van der Waals surface area contributed by atoms with Gasteiger partial charge in [-0.05, 0) is 75.9 Å². The predicted molar refractivity (Wildman–Crippen MR) is 149 cm³/mol. The molecular weight excluding hydrogens is 502 g/mol. The molecule has 1 saturated heterocycles. The number of nitrogens with zero attached hydrogens (tertiary/aromatic N) is 4. The summed E-state index contributed by atoms with van der Waals surface area (Å²) in [4.78, 5) is 28.7. The summed E-state index contributed by atoms with van der Waals surface area (Å²) < 4.78 is 27.9. The number of nitrogen functional groups attached to an aromatic ring is 1. The van der Waals surface area contributed by atoms with Crippen LogP contribution in [0.1, 0.15) is 63.7 Å². The van der Waals surface area contributed by atoms with Gasteiger partial charge in [-0.1, -0.05) is 19.9 Å². The molecule has 0 unspecified atom stereocenters. The molecule has 3 aromatic rings. The van der Waals surface area contributed by atoms with Crippen molar-refractivity contribution >= 4 is 33.4 Å². The van der Waals surface area contributed by atoms with Gasteiger partial charge in [-0.15, -0.1) is 0 Å². The van der Waals surface area contributed by atoms with Crippen LogP contribution in [0.3, 0.4) is 0 Å². The van der Waals surface area contributed by atoms with Crippen molar-refractivity contribution in [3.63, 3.8) is 0 Å². The maximum Gasteiger partial charge on any atom is 0.281 e. The third kappa shape index (κ3) is 5.88. The van der Waals surface area contributed by atoms with Crippen LogP contribution in [0.25, 0.3) is 11.3 Å². The topological polar surface area (TPSA) is 143 Å². The van der Waals surface area contributed by atoms with Crippen molar-refractivity contribution < 1.29 is 13.2 Å². The number of carbonyl (C=O) groups is 1. The minimum atomic E-state index is -4.23. The van der Waals surface area contributed by atoms with Gasteiger partial charge in [0.1, 0.15) is 17.5 Å². The lowest BCUT2D eigenvalue weighted by atomic mass is 10.1. The van der Waals surface area contributed by atoms with Crippen molar-refractivity contribution in [3.8, 4) is 11.3 Å². The zero-order chi connectivity index (χ0) is 27.4. The van der Waals surface area contributed by atoms with E-state index < -0.39 is 15.9 Å². The molecule has 2 atom stereocenters. The van der Waals surface area contributed by atoms with Crippen molar-refractivity contribution in [1.82, 2.24) is 19.7 Å². The first-order valence-corrected chi connectivity index (χ1v) is 14.4. The summed E-state index contributed by atoms with van der Waals surface area (Å²) in [6.45, 7) is 8.42. The average molecular weight is 538 g/mol. The van der Waals surface area contributed by atoms with Crippen LogP contribution in [0.2, 0.25) is 0 Å². The lowest BCUT2D eigenvalue weighted by Gasteiger charge is -2.29. The van der Waals surface area contributed by atoms with Crippen LogP contribution in [0.15, 0.2) is 53.7 Å². The Morgan fingerprint density at radius 2 is 1.76 bits per heavy atom. The van der Waals surface area contributed by atoms with Crippen molar-refractivity contribution in [2.24, 2.45) is 0 Å². The molecular formula is C27H35N7O3S. The number of pyridine rings is 3. The van der Waals surface area contributed by atoms with E-state index in [1.165, 1.54) is 18.2 Å². The van der Waals surface area contributed by atoms with Crippen molar-refractivity contribution in [3.05, 3.63) is 54.2 Å². The summed E-state index contributed by atoms with van der Waals surface area (Å²) in [5.74, 6) is 0.493. The minimum Gasteiger partial charge on any atom is -0.384 e. The molecule has 0 bridgehead atoms. The van der Waals surface area contributed by atoms with E-state index in [1.807, 2.05) is 12.1 Å². The van der Waals surface area contributed by atoms with Gasteiger partial charge in [0, 0.05) is 29.9 Å². The zero-order valence-electron chi connectivity index (χ0n) is 22.2. The fraction of sp³-hybridized carbons (Fsp3) is 0.407. The van der Waals surface area contributed by atoms with Gasteiger partial charge in [0.2, 0.25) is 0 Å². The van der Waals surface area contributed by atoms with E-state index in [4.69, 9.17) is 10.7 Å². The molecule has 4 N–H and O–H groups in total. The molecule has 0 aromatic carbocycles. The van der Waals surface area contributed by atoms with Crippen molar-refractivity contribution in [2.45, 2.75) is 76.5 Å². The maximum atomic E-state index is 13.3. The second-order valence-electron chi connectivity index (χ2n) is 9.68. The van der Waals surface area contributed by atoms with Crippen LogP contribution < -0.4 is 20.7 Å². The van der Waals surface area contributed by atoms with Crippen molar-refractivity contribution in [1.29, 1.82) is 0 Å². The highest BCUT2D eigenvalue weighted by Gasteiger charge is 2.33. The van der Waals surface area contributed by atoms with Crippen LogP contribution >= 0.6 is 0 Å². The number of carbonyl (C=O) groups excluding carboxylic acids is 1. The Morgan fingerprint density at radius 1 is 1.05 bits per heavy atom. The normalized spacial score (nSPS) is 17.6. The first-order chi connectivity index (χ1) is 18.1. The lowest BCUT2D eigenvalue weighted by molar-refractivity contribution is 0.0981. The minimum absolute atomic E-state index is 0.0430. The summed E-state index contributed by atoms with van der Waals surface area (Å²) >= 11 is 0. The molecule has 11 heteroatoms. The SMILES string of the molecule is CCC(CC)Nc1ccc(-c2ccc(C(=O)NS(=O)(=O)c3cccc(N)n3)c(N3[C@H](C)CC[C@@H]3C)n2)cn1. The molecule has 4 rings (SSSR count). The molecule has 0 spiro atoms. The van der Waals surface area contributed by atoms with E-state index in [0.29, 0.717) is 17.6 Å². The molecule has 0 radical (unpaired) electrons. The third-order valence-corrected chi connectivity index (χ3v) is 8.19. The van der Waals surface area contributed by atoms with E-state index in [0.717, 1.165) is 37.1 Å². The van der Waals surface area contributed by atoms with Gasteiger partial charge in [-0.2, -0.15) is 8.42 Å². The standard InChI is InChI=1S/C27H35N7O3S/c1-5-20(6-2)30-24-15-12-19(16-29-24)22-14-13-21(26(31-22)34-17(3)10-11-18(34)4)27(35)33-38(36,37)25-9-7-8-23(28)32-25/h7-9,12-18,20H,5-6,10-11H2,1-4H3,(H2,28,32)(H,29,30)(H,33,35)/t17-,18+. The van der Waals surface area contributed by atoms with E-state index in [1.54, 1.807) is 18.3 Å². The molecule has 202 valence electrons. The second kappa shape index (κ2) is 11.3. The highest BCUT2D eigenvalue weighted by molar-refractivity contribution is 7.90. The van der Waals surface area contributed by atoms with Gasteiger partial charge in [0.15, 0.2) is 5.03 Å². The Hall–Kier alpha value is -3.73. The summed E-state index contributed by atoms with van der Waals surface area (Å²) in [6.07, 6.45) is 5.65. The molecule has 1 fully saturated rings. The fourth-order valence-electron chi connectivity index (χ4n) is 4.74. The first kappa shape index (κ1) is 27.3. The summed E-state index contributed by atoms with van der Waals surface area (Å²) in [6, 6.07) is 12.0. The summed E-state index contributed by atoms with van der Waals surface area (Å²) in [7, 11) is -4.23. The summed E-state index contributed by atoms with van der Waals surface area (Å²) in [5.41, 5.74) is 7.25. The first-order valence-electron chi connectivity index (χ1n) is 12.9. The Bertz CT molecular complexity index is 1380. The van der Waals surface area contributed by atoms with Gasteiger partial charge < -0.3 is 16.0 Å². The highest BCUT2D eigenvalue weighted by atomic mass is 32.2. The number of hydrogen-bond donors (Lipinski definition) is 3. The van der Waals surface area contributed by atoms with Gasteiger partial charge in [-0.3, -0.25) is 4.79 Å². The second-order valence-corrected chi connectivity index (χ2v) is 11.3. The Morgan fingerprint density at radius 3 is 2.37 bits per heavy atom. The Labute approximate surface area is 224 Å². The zero-order valence-corrected chi connectivity index (χ0v) is 23.0. The molecule has 3 aromatic heterocycles. The molecule has 1 aliphatic rings. The molecule has 1 amide bonds. The fourth-order valence-corrected chi connectivity index (χ4v) is 5.68. The van der Waals surface area contributed by atoms with E-state index in [2.05, 4.69) is 52.6 Å². The van der Waals surface area contributed by atoms with E-state index in [-0.39, 0.29) is 28.5 Å². The molecule has 0 aliphatic carbocycles. The molecule has 1 aliphatic heterocycles. The quantitative estimate of drug-likeness (QED) is 0.365. The van der Waals surface area contributed by atoms with E-state index >= 15 is 0 Å². The Kier molecular flexibility index (Phi) is 8.15.